The van der Waals surface area contributed by atoms with Gasteiger partial charge in [0.1, 0.15) is 0 Å². The molecule has 0 spiro atoms. The van der Waals surface area contributed by atoms with E-state index >= 15 is 0 Å². The van der Waals surface area contributed by atoms with Gasteiger partial charge in [0.25, 0.3) is 0 Å². The Morgan fingerprint density at radius 2 is 2.08 bits per heavy atom. The molecule has 0 aromatic carbocycles. The summed E-state index contributed by atoms with van der Waals surface area (Å²) in [6, 6.07) is 0. The number of nitrogen functional groups attached to an aromatic ring is 1. The molecule has 4 heteroatoms. The van der Waals surface area contributed by atoms with Gasteiger partial charge < -0.3 is 11.1 Å². The topological polar surface area (TPSA) is 63.8 Å². The van der Waals surface area contributed by atoms with Crippen LogP contribution in [0, 0.1) is 0 Å². The number of nitrogens with two attached hydrogens (primary N) is 1. The van der Waals surface area contributed by atoms with E-state index in [4.69, 9.17) is 5.73 Å². The molecule has 0 radical (unpaired) electrons. The van der Waals surface area contributed by atoms with E-state index < -0.39 is 0 Å². The van der Waals surface area contributed by atoms with E-state index in [0.29, 0.717) is 11.9 Å². The molecule has 0 bridgehead atoms. The van der Waals surface area contributed by atoms with E-state index in [1.807, 2.05) is 0 Å². The van der Waals surface area contributed by atoms with Crippen LogP contribution in [0.3, 0.4) is 0 Å². The van der Waals surface area contributed by atoms with Crippen LogP contribution in [0.15, 0.2) is 0 Å². The first kappa shape index (κ1) is 8.44. The molecule has 0 aliphatic carbocycles. The molecule has 0 fully saturated rings. The van der Waals surface area contributed by atoms with Crippen molar-refractivity contribution in [2.45, 2.75) is 32.9 Å². The maximum atomic E-state index is 5.62. The van der Waals surface area contributed by atoms with Gasteiger partial charge in [-0.05, 0) is 5.92 Å². The zero-order chi connectivity index (χ0) is 9.42. The van der Waals surface area contributed by atoms with Crippen LogP contribution in [0.2, 0.25) is 0 Å². The molecule has 70 valence electrons. The van der Waals surface area contributed by atoms with Gasteiger partial charge >= 0.3 is 0 Å². The van der Waals surface area contributed by atoms with Crippen LogP contribution in [0.5, 0.6) is 0 Å². The SMILES string of the molecule is CC(C)c1nc(N)nc2c1CNC2. The van der Waals surface area contributed by atoms with Crippen molar-refractivity contribution in [1.82, 2.24) is 15.3 Å². The largest absolute Gasteiger partial charge is 0.368 e. The first-order chi connectivity index (χ1) is 6.18. The Balaban J connectivity index is 2.55. The number of rotatable bonds is 1. The molecule has 1 aromatic rings. The highest BCUT2D eigenvalue weighted by molar-refractivity contribution is 5.35. The van der Waals surface area contributed by atoms with Crippen molar-refractivity contribution in [1.29, 1.82) is 0 Å². The molecule has 3 N–H and O–H groups in total. The van der Waals surface area contributed by atoms with Crippen molar-refractivity contribution < 1.29 is 0 Å². The van der Waals surface area contributed by atoms with Crippen LogP contribution in [0.25, 0.3) is 0 Å². The fraction of sp³-hybridized carbons (Fsp3) is 0.556. The predicted molar refractivity (Wildman–Crippen MR) is 51.1 cm³/mol. The summed E-state index contributed by atoms with van der Waals surface area (Å²) in [6.45, 7) is 5.95. The predicted octanol–water partition coefficient (Wildman–Crippen LogP) is 0.785. The molecular weight excluding hydrogens is 164 g/mol. The molecule has 13 heavy (non-hydrogen) atoms. The number of hydrogen-bond donors (Lipinski definition) is 2. The summed E-state index contributed by atoms with van der Waals surface area (Å²) in [5.41, 5.74) is 9.02. The monoisotopic (exact) mass is 178 g/mol. The summed E-state index contributed by atoms with van der Waals surface area (Å²) in [4.78, 5) is 8.47. The number of hydrogen-bond acceptors (Lipinski definition) is 4. The molecule has 0 atom stereocenters. The van der Waals surface area contributed by atoms with Crippen molar-refractivity contribution in [2.75, 3.05) is 5.73 Å². The van der Waals surface area contributed by atoms with Crippen molar-refractivity contribution in [2.24, 2.45) is 0 Å². The third kappa shape index (κ3) is 1.37. The highest BCUT2D eigenvalue weighted by Gasteiger charge is 2.19. The number of aromatic nitrogens is 2. The lowest BCUT2D eigenvalue weighted by atomic mass is 10.0. The molecule has 1 aromatic heterocycles. The summed E-state index contributed by atoms with van der Waals surface area (Å²) in [6.07, 6.45) is 0. The van der Waals surface area contributed by atoms with E-state index in [0.717, 1.165) is 24.5 Å². The first-order valence-electron chi connectivity index (χ1n) is 4.54. The standard InChI is InChI=1S/C9H14N4/c1-5(2)8-6-3-11-4-7(6)12-9(10)13-8/h5,11H,3-4H2,1-2H3,(H2,10,12,13). The molecule has 2 rings (SSSR count). The molecule has 0 saturated heterocycles. The van der Waals surface area contributed by atoms with Gasteiger partial charge in [-0.25, -0.2) is 9.97 Å². The lowest BCUT2D eigenvalue weighted by molar-refractivity contribution is 0.746. The number of nitrogens with zero attached hydrogens (tertiary/aromatic N) is 2. The van der Waals surface area contributed by atoms with E-state index in [1.165, 1.54) is 5.56 Å². The molecule has 1 aliphatic rings. The fourth-order valence-electron chi connectivity index (χ4n) is 1.69. The van der Waals surface area contributed by atoms with E-state index in [2.05, 4.69) is 29.1 Å². The minimum atomic E-state index is 0.395. The van der Waals surface area contributed by atoms with Crippen molar-refractivity contribution in [3.8, 4) is 0 Å². The maximum absolute atomic E-state index is 5.62. The lowest BCUT2D eigenvalue weighted by Crippen LogP contribution is -2.06. The van der Waals surface area contributed by atoms with Gasteiger partial charge in [-0.1, -0.05) is 13.8 Å². The normalized spacial score (nSPS) is 15.0. The molecule has 4 nitrogen and oxygen atoms in total. The average Bonchev–Trinajstić information content (AvgIpc) is 2.49. The van der Waals surface area contributed by atoms with Gasteiger partial charge in [0, 0.05) is 18.7 Å². The van der Waals surface area contributed by atoms with E-state index in [9.17, 15) is 0 Å². The third-order valence-corrected chi connectivity index (χ3v) is 2.28. The Labute approximate surface area is 77.6 Å². The van der Waals surface area contributed by atoms with Crippen molar-refractivity contribution >= 4 is 5.95 Å². The van der Waals surface area contributed by atoms with Crippen molar-refractivity contribution in [3.05, 3.63) is 17.0 Å². The second kappa shape index (κ2) is 2.96. The summed E-state index contributed by atoms with van der Waals surface area (Å²) >= 11 is 0. The van der Waals surface area contributed by atoms with Crippen LogP contribution in [-0.4, -0.2) is 9.97 Å². The van der Waals surface area contributed by atoms with Gasteiger partial charge in [-0.15, -0.1) is 0 Å². The lowest BCUT2D eigenvalue weighted by Gasteiger charge is -2.09. The van der Waals surface area contributed by atoms with Gasteiger partial charge in [0.15, 0.2) is 0 Å². The highest BCUT2D eigenvalue weighted by Crippen LogP contribution is 2.23. The molecular formula is C9H14N4. The number of anilines is 1. The van der Waals surface area contributed by atoms with Crippen LogP contribution < -0.4 is 11.1 Å². The number of fused-ring (bicyclic) bond motifs is 1. The average molecular weight is 178 g/mol. The molecule has 0 saturated carbocycles. The minimum Gasteiger partial charge on any atom is -0.368 e. The summed E-state index contributed by atoms with van der Waals surface area (Å²) < 4.78 is 0. The summed E-state index contributed by atoms with van der Waals surface area (Å²) in [7, 11) is 0. The quantitative estimate of drug-likeness (QED) is 0.667. The van der Waals surface area contributed by atoms with Crippen LogP contribution in [0.1, 0.15) is 36.7 Å². The summed E-state index contributed by atoms with van der Waals surface area (Å²) in [5, 5.41) is 3.25. The Bertz CT molecular complexity index is 333. The third-order valence-electron chi connectivity index (χ3n) is 2.28. The first-order valence-corrected chi connectivity index (χ1v) is 4.54. The Hall–Kier alpha value is -1.16. The molecule has 2 heterocycles. The minimum absolute atomic E-state index is 0.395. The van der Waals surface area contributed by atoms with Crippen LogP contribution in [-0.2, 0) is 13.1 Å². The zero-order valence-electron chi connectivity index (χ0n) is 7.96. The number of nitrogens with one attached hydrogen (secondary N) is 1. The van der Waals surface area contributed by atoms with Gasteiger partial charge in [0.2, 0.25) is 5.95 Å². The van der Waals surface area contributed by atoms with Crippen LogP contribution >= 0.6 is 0 Å². The highest BCUT2D eigenvalue weighted by atomic mass is 15.0. The Morgan fingerprint density at radius 3 is 2.77 bits per heavy atom. The zero-order valence-corrected chi connectivity index (χ0v) is 7.96. The van der Waals surface area contributed by atoms with Gasteiger partial charge in [-0.3, -0.25) is 0 Å². The van der Waals surface area contributed by atoms with E-state index in [-0.39, 0.29) is 0 Å². The van der Waals surface area contributed by atoms with Crippen molar-refractivity contribution in [3.63, 3.8) is 0 Å². The maximum Gasteiger partial charge on any atom is 0.220 e. The smallest absolute Gasteiger partial charge is 0.220 e. The summed E-state index contributed by atoms with van der Waals surface area (Å²) in [5.74, 6) is 0.810. The molecule has 1 aliphatic heterocycles. The fourth-order valence-corrected chi connectivity index (χ4v) is 1.69. The van der Waals surface area contributed by atoms with Gasteiger partial charge in [0.05, 0.1) is 11.4 Å². The Kier molecular flexibility index (Phi) is 1.92. The Morgan fingerprint density at radius 1 is 1.31 bits per heavy atom. The van der Waals surface area contributed by atoms with E-state index in [1.54, 1.807) is 0 Å². The second-order valence-electron chi connectivity index (χ2n) is 3.65. The second-order valence-corrected chi connectivity index (χ2v) is 3.65. The molecule has 0 amide bonds. The van der Waals surface area contributed by atoms with Crippen LogP contribution in [0.4, 0.5) is 5.95 Å². The van der Waals surface area contributed by atoms with Gasteiger partial charge in [-0.2, -0.15) is 0 Å². The molecule has 0 unspecified atom stereocenters.